The van der Waals surface area contributed by atoms with Crippen molar-refractivity contribution in [2.24, 2.45) is 0 Å². The van der Waals surface area contributed by atoms with E-state index in [1.807, 2.05) is 42.8 Å². The Morgan fingerprint density at radius 2 is 1.75 bits per heavy atom. The summed E-state index contributed by atoms with van der Waals surface area (Å²) in [4.78, 5) is 16.0. The second kappa shape index (κ2) is 9.66. The molecule has 4 rings (SSSR count). The lowest BCUT2D eigenvalue weighted by atomic mass is 10.1. The summed E-state index contributed by atoms with van der Waals surface area (Å²) in [5.41, 5.74) is 6.64. The zero-order chi connectivity index (χ0) is 22.0. The SMILES string of the molecule is CCc1cccc(-c2cc(Nc3ccccc3C(=O)O)n(-c3c(C)cncc3C)n2)c1.Cl. The summed E-state index contributed by atoms with van der Waals surface area (Å²) in [6, 6.07) is 17.1. The first-order valence-corrected chi connectivity index (χ1v) is 10.2. The fourth-order valence-electron chi connectivity index (χ4n) is 3.68. The van der Waals surface area contributed by atoms with Gasteiger partial charge in [0.05, 0.1) is 22.6 Å². The van der Waals surface area contributed by atoms with Crippen LogP contribution in [0.2, 0.25) is 0 Å². The van der Waals surface area contributed by atoms with Crippen LogP contribution in [0, 0.1) is 13.8 Å². The Bertz CT molecular complexity index is 1250. The van der Waals surface area contributed by atoms with E-state index in [2.05, 4.69) is 29.4 Å². The number of carboxylic acids is 1. The molecule has 0 atom stereocenters. The summed E-state index contributed by atoms with van der Waals surface area (Å²) < 4.78 is 1.83. The van der Waals surface area contributed by atoms with Crippen molar-refractivity contribution in [1.82, 2.24) is 14.8 Å². The number of nitrogens with one attached hydrogen (secondary N) is 1. The highest BCUT2D eigenvalue weighted by Crippen LogP contribution is 2.31. The number of carbonyl (C=O) groups is 1. The molecule has 0 aliphatic carbocycles. The van der Waals surface area contributed by atoms with E-state index in [1.54, 1.807) is 30.6 Å². The van der Waals surface area contributed by atoms with Crippen LogP contribution in [0.4, 0.5) is 11.5 Å². The Balaban J connectivity index is 0.00000289. The maximum absolute atomic E-state index is 11.7. The molecule has 0 fully saturated rings. The van der Waals surface area contributed by atoms with Crippen LogP contribution in [0.25, 0.3) is 16.9 Å². The number of hydrogen-bond acceptors (Lipinski definition) is 4. The zero-order valence-electron chi connectivity index (χ0n) is 18.2. The molecule has 0 aliphatic rings. The molecule has 0 radical (unpaired) electrons. The number of nitrogens with zero attached hydrogens (tertiary/aromatic N) is 3. The fourth-order valence-corrected chi connectivity index (χ4v) is 3.68. The van der Waals surface area contributed by atoms with Crippen molar-refractivity contribution in [3.05, 3.63) is 89.2 Å². The maximum atomic E-state index is 11.7. The van der Waals surface area contributed by atoms with Gasteiger partial charge in [-0.15, -0.1) is 12.4 Å². The van der Waals surface area contributed by atoms with Crippen molar-refractivity contribution in [2.45, 2.75) is 27.2 Å². The summed E-state index contributed by atoms with van der Waals surface area (Å²) in [5.74, 6) is -0.302. The van der Waals surface area contributed by atoms with E-state index in [4.69, 9.17) is 5.10 Å². The van der Waals surface area contributed by atoms with E-state index < -0.39 is 5.97 Å². The van der Waals surface area contributed by atoms with Gasteiger partial charge in [-0.2, -0.15) is 5.10 Å². The van der Waals surface area contributed by atoms with Gasteiger partial charge in [-0.05, 0) is 55.2 Å². The molecule has 6 nitrogen and oxygen atoms in total. The first kappa shape index (κ1) is 23.0. The number of carboxylic acid groups (broad SMARTS) is 1. The average molecular weight is 449 g/mol. The van der Waals surface area contributed by atoms with E-state index in [-0.39, 0.29) is 18.0 Å². The molecule has 7 heteroatoms. The number of benzene rings is 2. The largest absolute Gasteiger partial charge is 0.478 e. The molecule has 164 valence electrons. The van der Waals surface area contributed by atoms with Gasteiger partial charge in [-0.1, -0.05) is 37.3 Å². The third kappa shape index (κ3) is 4.50. The molecule has 2 aromatic carbocycles. The van der Waals surface area contributed by atoms with Crippen molar-refractivity contribution >= 4 is 29.9 Å². The Labute approximate surface area is 193 Å². The van der Waals surface area contributed by atoms with E-state index in [0.717, 1.165) is 34.5 Å². The van der Waals surface area contributed by atoms with Gasteiger partial charge in [0, 0.05) is 24.0 Å². The second-order valence-corrected chi connectivity index (χ2v) is 7.48. The van der Waals surface area contributed by atoms with Gasteiger partial charge in [-0.3, -0.25) is 4.98 Å². The number of para-hydroxylation sites is 1. The summed E-state index contributed by atoms with van der Waals surface area (Å²) in [5, 5.41) is 17.8. The summed E-state index contributed by atoms with van der Waals surface area (Å²) >= 11 is 0. The highest BCUT2D eigenvalue weighted by Gasteiger charge is 2.17. The standard InChI is InChI=1S/C25H24N4O2.ClH/c1-4-18-8-7-9-19(12-18)22-13-23(27-21-11-6-5-10-20(21)25(30)31)29(28-22)24-16(2)14-26-15-17(24)3;/h5-15,27H,4H2,1-3H3,(H,30,31);1H. The quantitative estimate of drug-likeness (QED) is 0.379. The molecule has 0 unspecified atom stereocenters. The fraction of sp³-hybridized carbons (Fsp3) is 0.160. The van der Waals surface area contributed by atoms with Crippen LogP contribution in [0.3, 0.4) is 0 Å². The molecule has 0 bridgehead atoms. The van der Waals surface area contributed by atoms with Gasteiger partial charge in [-0.25, -0.2) is 9.48 Å². The number of pyridine rings is 1. The van der Waals surface area contributed by atoms with Crippen LogP contribution >= 0.6 is 12.4 Å². The molecule has 4 aromatic rings. The van der Waals surface area contributed by atoms with Gasteiger partial charge in [0.2, 0.25) is 0 Å². The molecule has 0 aliphatic heterocycles. The van der Waals surface area contributed by atoms with Crippen LogP contribution in [0.15, 0.2) is 67.0 Å². The van der Waals surface area contributed by atoms with Crippen molar-refractivity contribution in [1.29, 1.82) is 0 Å². The summed E-state index contributed by atoms with van der Waals surface area (Å²) in [7, 11) is 0. The lowest BCUT2D eigenvalue weighted by molar-refractivity contribution is 0.0698. The van der Waals surface area contributed by atoms with E-state index in [0.29, 0.717) is 11.5 Å². The second-order valence-electron chi connectivity index (χ2n) is 7.48. The van der Waals surface area contributed by atoms with Gasteiger partial charge in [0.15, 0.2) is 0 Å². The number of aromatic carboxylic acids is 1. The number of aryl methyl sites for hydroxylation is 3. The molecular weight excluding hydrogens is 424 g/mol. The molecule has 0 saturated heterocycles. The van der Waals surface area contributed by atoms with Crippen LogP contribution in [-0.2, 0) is 6.42 Å². The minimum Gasteiger partial charge on any atom is -0.478 e. The Morgan fingerprint density at radius 1 is 1.03 bits per heavy atom. The first-order valence-electron chi connectivity index (χ1n) is 10.2. The van der Waals surface area contributed by atoms with Crippen molar-refractivity contribution in [3.8, 4) is 16.9 Å². The van der Waals surface area contributed by atoms with Crippen LogP contribution in [-0.4, -0.2) is 25.8 Å². The lowest BCUT2D eigenvalue weighted by Crippen LogP contribution is -2.09. The third-order valence-corrected chi connectivity index (χ3v) is 5.26. The number of hydrogen-bond donors (Lipinski definition) is 2. The predicted molar refractivity (Wildman–Crippen MR) is 130 cm³/mol. The third-order valence-electron chi connectivity index (χ3n) is 5.26. The maximum Gasteiger partial charge on any atom is 0.337 e. The molecule has 2 aromatic heterocycles. The van der Waals surface area contributed by atoms with E-state index >= 15 is 0 Å². The van der Waals surface area contributed by atoms with Crippen LogP contribution < -0.4 is 5.32 Å². The average Bonchev–Trinajstić information content (AvgIpc) is 3.17. The lowest BCUT2D eigenvalue weighted by Gasteiger charge is -2.14. The van der Waals surface area contributed by atoms with Gasteiger partial charge < -0.3 is 10.4 Å². The minimum atomic E-state index is -0.985. The zero-order valence-corrected chi connectivity index (χ0v) is 19.0. The summed E-state index contributed by atoms with van der Waals surface area (Å²) in [6.45, 7) is 6.10. The molecule has 0 spiro atoms. The molecule has 2 N–H and O–H groups in total. The summed E-state index contributed by atoms with van der Waals surface area (Å²) in [6.07, 6.45) is 4.54. The minimum absolute atomic E-state index is 0. The first-order chi connectivity index (χ1) is 15.0. The van der Waals surface area contributed by atoms with Gasteiger partial charge >= 0.3 is 5.97 Å². The van der Waals surface area contributed by atoms with Crippen LogP contribution in [0.1, 0.15) is 34.0 Å². The van der Waals surface area contributed by atoms with Gasteiger partial charge in [0.25, 0.3) is 0 Å². The highest BCUT2D eigenvalue weighted by atomic mass is 35.5. The van der Waals surface area contributed by atoms with Crippen molar-refractivity contribution < 1.29 is 9.90 Å². The Kier molecular flexibility index (Phi) is 6.95. The Hall–Kier alpha value is -3.64. The monoisotopic (exact) mass is 448 g/mol. The number of aromatic nitrogens is 3. The van der Waals surface area contributed by atoms with Gasteiger partial charge in [0.1, 0.15) is 5.82 Å². The molecule has 2 heterocycles. The van der Waals surface area contributed by atoms with Crippen molar-refractivity contribution in [2.75, 3.05) is 5.32 Å². The topological polar surface area (TPSA) is 80.0 Å². The number of anilines is 2. The number of rotatable bonds is 6. The highest BCUT2D eigenvalue weighted by molar-refractivity contribution is 5.95. The number of halogens is 1. The Morgan fingerprint density at radius 3 is 2.44 bits per heavy atom. The molecule has 0 saturated carbocycles. The smallest absolute Gasteiger partial charge is 0.337 e. The molecule has 0 amide bonds. The normalized spacial score (nSPS) is 10.5. The van der Waals surface area contributed by atoms with Crippen molar-refractivity contribution in [3.63, 3.8) is 0 Å². The molecule has 32 heavy (non-hydrogen) atoms. The van der Waals surface area contributed by atoms with Crippen LogP contribution in [0.5, 0.6) is 0 Å². The van der Waals surface area contributed by atoms with E-state index in [9.17, 15) is 9.90 Å². The predicted octanol–water partition coefficient (Wildman–Crippen LogP) is 5.98. The molecular formula is C25H25ClN4O2. The van der Waals surface area contributed by atoms with E-state index in [1.165, 1.54) is 5.56 Å².